The summed E-state index contributed by atoms with van der Waals surface area (Å²) in [4.78, 5) is 0. The maximum absolute atomic E-state index is 15.0. The first kappa shape index (κ1) is 24.2. The molecular weight excluding hydrogens is 523 g/mol. The van der Waals surface area contributed by atoms with Gasteiger partial charge in [-0.05, 0) is 0 Å². The van der Waals surface area contributed by atoms with Crippen LogP contribution in [0.1, 0.15) is 38.8 Å². The summed E-state index contributed by atoms with van der Waals surface area (Å²) in [5.41, 5.74) is 1.50. The van der Waals surface area contributed by atoms with Crippen LogP contribution in [0.3, 0.4) is 0 Å². The van der Waals surface area contributed by atoms with Crippen molar-refractivity contribution in [2.24, 2.45) is 0 Å². The predicted octanol–water partition coefficient (Wildman–Crippen LogP) is 7.45. The van der Waals surface area contributed by atoms with E-state index in [1.54, 1.807) is 0 Å². The minimum absolute atomic E-state index is 0.197. The Balaban J connectivity index is 2.11. The zero-order chi connectivity index (χ0) is 22.9. The van der Waals surface area contributed by atoms with Gasteiger partial charge in [-0.25, -0.2) is 0 Å². The van der Waals surface area contributed by atoms with E-state index in [1.807, 2.05) is 60.7 Å². The molecule has 0 aliphatic carbocycles. The zero-order valence-electron chi connectivity index (χ0n) is 18.4. The number of hydrogen-bond donors (Lipinski definition) is 0. The van der Waals surface area contributed by atoms with E-state index in [2.05, 4.69) is 27.7 Å². The second kappa shape index (κ2) is 9.19. The van der Waals surface area contributed by atoms with Crippen LogP contribution in [0.4, 0.5) is 13.2 Å². The molecule has 0 heterocycles. The second-order valence-corrected chi connectivity index (χ2v) is 23.5. The third-order valence-corrected chi connectivity index (χ3v) is 21.3. The van der Waals surface area contributed by atoms with E-state index in [0.29, 0.717) is 14.9 Å². The molecule has 31 heavy (non-hydrogen) atoms. The van der Waals surface area contributed by atoms with Gasteiger partial charge in [-0.1, -0.05) is 0 Å². The van der Waals surface area contributed by atoms with E-state index in [9.17, 15) is 8.78 Å². The van der Waals surface area contributed by atoms with Gasteiger partial charge in [0.2, 0.25) is 0 Å². The molecule has 3 aromatic carbocycles. The third kappa shape index (κ3) is 5.48. The van der Waals surface area contributed by atoms with Crippen LogP contribution in [0.15, 0.2) is 72.8 Å². The monoisotopic (exact) mass is 552 g/mol. The molecule has 0 radical (unpaired) electrons. The first-order chi connectivity index (χ1) is 14.4. The summed E-state index contributed by atoms with van der Waals surface area (Å²) in [6, 6.07) is 21.6. The average Bonchev–Trinajstić information content (AvgIpc) is 2.71. The standard InChI is InChI=1S/2C10H13.C6H2F3.ClH.Sn/c2*1-10(2,3)9-7-5-4-6-8-9;7-4-1-2-5(8)6(9)3-4;;/h2*4-8H,1H2,2-3H3;2-3H;1H;/q;;;;+1/p-1. The van der Waals surface area contributed by atoms with Gasteiger partial charge >= 0.3 is 192 Å². The minimum atomic E-state index is -4.14. The van der Waals surface area contributed by atoms with E-state index in [1.165, 1.54) is 0 Å². The molecule has 0 bridgehead atoms. The SMILES string of the molecule is CC(C)([CH2][Sn]([Cl])([CH2]C(C)(C)c1ccccc1)[c]1cc(F)c(F)cc1F)c1ccccc1. The van der Waals surface area contributed by atoms with Gasteiger partial charge < -0.3 is 0 Å². The van der Waals surface area contributed by atoms with Gasteiger partial charge in [0.15, 0.2) is 0 Å². The second-order valence-electron chi connectivity index (χ2n) is 9.56. The Morgan fingerprint density at radius 1 is 0.645 bits per heavy atom. The fourth-order valence-corrected chi connectivity index (χ4v) is 23.1. The fraction of sp³-hybridized carbons (Fsp3) is 0.308. The molecule has 0 aromatic heterocycles. The van der Waals surface area contributed by atoms with Crippen LogP contribution >= 0.6 is 8.92 Å². The molecule has 0 nitrogen and oxygen atoms in total. The van der Waals surface area contributed by atoms with Crippen molar-refractivity contribution in [1.29, 1.82) is 0 Å². The van der Waals surface area contributed by atoms with Crippen LogP contribution in [0.2, 0.25) is 8.87 Å². The summed E-state index contributed by atoms with van der Waals surface area (Å²) in [7, 11) is 7.44. The van der Waals surface area contributed by atoms with Gasteiger partial charge in [0, 0.05) is 0 Å². The van der Waals surface area contributed by atoms with Crippen LogP contribution in [0, 0.1) is 17.5 Å². The Morgan fingerprint density at radius 2 is 1.03 bits per heavy atom. The Hall–Kier alpha value is -1.46. The van der Waals surface area contributed by atoms with Crippen LogP contribution in [0.25, 0.3) is 0 Å². The molecule has 0 saturated heterocycles. The number of halogens is 4. The van der Waals surface area contributed by atoms with Gasteiger partial charge in [0.25, 0.3) is 0 Å². The zero-order valence-corrected chi connectivity index (χ0v) is 22.0. The molecule has 0 atom stereocenters. The summed E-state index contributed by atoms with van der Waals surface area (Å²) in [5, 5.41) is 0. The summed E-state index contributed by atoms with van der Waals surface area (Å²) >= 11 is -4.14. The van der Waals surface area contributed by atoms with E-state index < -0.39 is 34.7 Å². The molecule has 3 aromatic rings. The normalized spacial score (nSPS) is 12.8. The van der Waals surface area contributed by atoms with Crippen molar-refractivity contribution >= 4 is 29.8 Å². The van der Waals surface area contributed by atoms with Crippen molar-refractivity contribution in [3.8, 4) is 0 Å². The van der Waals surface area contributed by atoms with Crippen LogP contribution in [-0.2, 0) is 10.8 Å². The van der Waals surface area contributed by atoms with Gasteiger partial charge in [-0.15, -0.1) is 0 Å². The van der Waals surface area contributed by atoms with Crippen molar-refractivity contribution in [2.75, 3.05) is 0 Å². The Morgan fingerprint density at radius 3 is 1.45 bits per heavy atom. The Bertz CT molecular complexity index is 980. The van der Waals surface area contributed by atoms with Crippen molar-refractivity contribution in [3.05, 3.63) is 101 Å². The number of benzene rings is 3. The summed E-state index contributed by atoms with van der Waals surface area (Å²) in [5.74, 6) is -2.97. The summed E-state index contributed by atoms with van der Waals surface area (Å²) in [6.07, 6.45) is 0. The van der Waals surface area contributed by atoms with Crippen LogP contribution in [-0.4, -0.2) is 17.3 Å². The number of hydrogen-bond acceptors (Lipinski definition) is 0. The molecule has 0 unspecified atom stereocenters. The Labute approximate surface area is 191 Å². The molecule has 5 heteroatoms. The molecule has 164 valence electrons. The summed E-state index contributed by atoms with van der Waals surface area (Å²) < 4.78 is 44.3. The average molecular weight is 552 g/mol. The van der Waals surface area contributed by atoms with E-state index in [-0.39, 0.29) is 14.4 Å². The molecule has 0 N–H and O–H groups in total. The fourth-order valence-electron chi connectivity index (χ4n) is 4.50. The van der Waals surface area contributed by atoms with Gasteiger partial charge in [-0.2, -0.15) is 0 Å². The number of rotatable bonds is 7. The van der Waals surface area contributed by atoms with Crippen molar-refractivity contribution in [3.63, 3.8) is 0 Å². The van der Waals surface area contributed by atoms with Gasteiger partial charge in [0.1, 0.15) is 0 Å². The van der Waals surface area contributed by atoms with Crippen molar-refractivity contribution in [2.45, 2.75) is 47.4 Å². The quantitative estimate of drug-likeness (QED) is 0.211. The molecule has 3 rings (SSSR count). The molecular formula is C26H28ClF3Sn. The Kier molecular flexibility index (Phi) is 7.17. The van der Waals surface area contributed by atoms with E-state index in [4.69, 9.17) is 8.92 Å². The first-order valence-electron chi connectivity index (χ1n) is 10.4. The molecule has 0 amide bonds. The van der Waals surface area contributed by atoms with Gasteiger partial charge in [0.05, 0.1) is 0 Å². The maximum atomic E-state index is 15.0. The van der Waals surface area contributed by atoms with Gasteiger partial charge in [-0.3, -0.25) is 0 Å². The predicted molar refractivity (Wildman–Crippen MR) is 126 cm³/mol. The van der Waals surface area contributed by atoms with Crippen molar-refractivity contribution < 1.29 is 13.2 Å². The molecule has 0 fully saturated rings. The van der Waals surface area contributed by atoms with Crippen LogP contribution in [0.5, 0.6) is 0 Å². The molecule has 0 aliphatic rings. The van der Waals surface area contributed by atoms with E-state index in [0.717, 1.165) is 17.2 Å². The van der Waals surface area contributed by atoms with Crippen molar-refractivity contribution in [1.82, 2.24) is 0 Å². The third-order valence-electron chi connectivity index (χ3n) is 6.05. The molecule has 0 aliphatic heterocycles. The molecule has 0 spiro atoms. The molecule has 0 saturated carbocycles. The van der Waals surface area contributed by atoms with E-state index >= 15 is 4.39 Å². The van der Waals surface area contributed by atoms with Crippen LogP contribution < -0.4 is 3.58 Å². The topological polar surface area (TPSA) is 0 Å². The first-order valence-corrected chi connectivity index (χ1v) is 19.5. The summed E-state index contributed by atoms with van der Waals surface area (Å²) in [6.45, 7) is 8.35.